The van der Waals surface area contributed by atoms with E-state index in [1.165, 1.54) is 11.8 Å². The maximum absolute atomic E-state index is 14.1. The van der Waals surface area contributed by atoms with Gasteiger partial charge in [0.05, 0.1) is 5.02 Å². The molecule has 1 atom stereocenters. The molecule has 0 bridgehead atoms. The predicted molar refractivity (Wildman–Crippen MR) is 84.5 cm³/mol. The maximum Gasteiger partial charge on any atom is 0.137 e. The number of benzene rings is 2. The third-order valence-electron chi connectivity index (χ3n) is 3.00. The summed E-state index contributed by atoms with van der Waals surface area (Å²) in [6, 6.07) is 10.5. The zero-order valence-electron chi connectivity index (χ0n) is 11.1. The van der Waals surface area contributed by atoms with Crippen LogP contribution < -0.4 is 5.32 Å². The molecule has 0 aliphatic rings. The standard InChI is InChI=1S/C15H14Cl2FNS/c1-9(19-2)10-3-6-14(13(18)7-10)20-15-8-11(16)4-5-12(15)17/h3-9,19H,1-2H3. The lowest BCUT2D eigenvalue weighted by Gasteiger charge is -2.12. The third-order valence-corrected chi connectivity index (χ3v) is 4.79. The Morgan fingerprint density at radius 3 is 2.50 bits per heavy atom. The van der Waals surface area contributed by atoms with Crippen molar-refractivity contribution >= 4 is 35.0 Å². The zero-order chi connectivity index (χ0) is 14.7. The minimum absolute atomic E-state index is 0.110. The van der Waals surface area contributed by atoms with E-state index < -0.39 is 0 Å². The first kappa shape index (κ1) is 15.6. The number of hydrogen-bond acceptors (Lipinski definition) is 2. The van der Waals surface area contributed by atoms with Crippen LogP contribution >= 0.6 is 35.0 Å². The normalized spacial score (nSPS) is 12.4. The number of hydrogen-bond donors (Lipinski definition) is 1. The summed E-state index contributed by atoms with van der Waals surface area (Å²) in [5.41, 5.74) is 0.909. The molecule has 0 aromatic heterocycles. The monoisotopic (exact) mass is 329 g/mol. The van der Waals surface area contributed by atoms with E-state index in [1.807, 2.05) is 20.0 Å². The summed E-state index contributed by atoms with van der Waals surface area (Å²) in [7, 11) is 1.84. The van der Waals surface area contributed by atoms with E-state index in [1.54, 1.807) is 30.3 Å². The first-order chi connectivity index (χ1) is 9.51. The molecule has 0 aliphatic carbocycles. The van der Waals surface area contributed by atoms with Gasteiger partial charge in [0.15, 0.2) is 0 Å². The molecule has 106 valence electrons. The van der Waals surface area contributed by atoms with Gasteiger partial charge in [-0.2, -0.15) is 0 Å². The molecule has 5 heteroatoms. The highest BCUT2D eigenvalue weighted by Gasteiger charge is 2.11. The Morgan fingerprint density at radius 1 is 1.10 bits per heavy atom. The van der Waals surface area contributed by atoms with Gasteiger partial charge in [-0.25, -0.2) is 4.39 Å². The second-order valence-corrected chi connectivity index (χ2v) is 6.30. The molecule has 1 N–H and O–H groups in total. The van der Waals surface area contributed by atoms with Crippen LogP contribution in [0.15, 0.2) is 46.2 Å². The topological polar surface area (TPSA) is 12.0 Å². The smallest absolute Gasteiger partial charge is 0.137 e. The fourth-order valence-electron chi connectivity index (χ4n) is 1.71. The Hall–Kier alpha value is -0.740. The first-order valence-electron chi connectivity index (χ1n) is 6.11. The quantitative estimate of drug-likeness (QED) is 0.787. The van der Waals surface area contributed by atoms with Crippen LogP contribution in [-0.4, -0.2) is 7.05 Å². The molecule has 0 saturated heterocycles. The number of halogens is 3. The molecular weight excluding hydrogens is 316 g/mol. The highest BCUT2D eigenvalue weighted by atomic mass is 35.5. The highest BCUT2D eigenvalue weighted by Crippen LogP contribution is 2.36. The molecule has 2 aromatic carbocycles. The molecule has 0 fully saturated rings. The SMILES string of the molecule is CNC(C)c1ccc(Sc2cc(Cl)ccc2Cl)c(F)c1. The summed E-state index contributed by atoms with van der Waals surface area (Å²) in [5, 5.41) is 4.22. The minimum atomic E-state index is -0.259. The van der Waals surface area contributed by atoms with Gasteiger partial charge in [0, 0.05) is 20.9 Å². The molecule has 1 unspecified atom stereocenters. The summed E-state index contributed by atoms with van der Waals surface area (Å²) in [6.45, 7) is 1.98. The second kappa shape index (κ2) is 6.81. The third kappa shape index (κ3) is 3.67. The van der Waals surface area contributed by atoms with E-state index in [0.717, 1.165) is 10.5 Å². The zero-order valence-corrected chi connectivity index (χ0v) is 13.4. The van der Waals surface area contributed by atoms with Crippen molar-refractivity contribution in [1.29, 1.82) is 0 Å². The van der Waals surface area contributed by atoms with Gasteiger partial charge in [-0.3, -0.25) is 0 Å². The van der Waals surface area contributed by atoms with Crippen molar-refractivity contribution in [2.75, 3.05) is 7.05 Å². The van der Waals surface area contributed by atoms with Crippen molar-refractivity contribution in [3.8, 4) is 0 Å². The van der Waals surface area contributed by atoms with Crippen LogP contribution in [0.3, 0.4) is 0 Å². The van der Waals surface area contributed by atoms with E-state index in [-0.39, 0.29) is 11.9 Å². The van der Waals surface area contributed by atoms with Gasteiger partial charge in [0.2, 0.25) is 0 Å². The van der Waals surface area contributed by atoms with Crippen molar-refractivity contribution in [3.63, 3.8) is 0 Å². The molecule has 0 heterocycles. The summed E-state index contributed by atoms with van der Waals surface area (Å²) in [5.74, 6) is -0.259. The van der Waals surface area contributed by atoms with Gasteiger partial charge >= 0.3 is 0 Å². The molecule has 0 radical (unpaired) electrons. The van der Waals surface area contributed by atoms with Crippen molar-refractivity contribution in [2.24, 2.45) is 0 Å². The minimum Gasteiger partial charge on any atom is -0.313 e. The predicted octanol–water partition coefficient (Wildman–Crippen LogP) is 5.56. The number of nitrogens with one attached hydrogen (secondary N) is 1. The van der Waals surface area contributed by atoms with Crippen LogP contribution in [0.2, 0.25) is 10.0 Å². The first-order valence-corrected chi connectivity index (χ1v) is 7.68. The van der Waals surface area contributed by atoms with Gasteiger partial charge in [-0.15, -0.1) is 0 Å². The molecular formula is C15H14Cl2FNS. The van der Waals surface area contributed by atoms with Gasteiger partial charge in [0.1, 0.15) is 5.82 Å². The molecule has 0 amide bonds. The van der Waals surface area contributed by atoms with Crippen molar-refractivity contribution in [2.45, 2.75) is 22.8 Å². The Labute approximate surface area is 132 Å². The van der Waals surface area contributed by atoms with E-state index in [9.17, 15) is 4.39 Å². The van der Waals surface area contributed by atoms with E-state index >= 15 is 0 Å². The Kier molecular flexibility index (Phi) is 5.33. The van der Waals surface area contributed by atoms with E-state index in [0.29, 0.717) is 14.9 Å². The lowest BCUT2D eigenvalue weighted by molar-refractivity contribution is 0.587. The molecule has 2 rings (SSSR count). The number of rotatable bonds is 4. The van der Waals surface area contributed by atoms with Gasteiger partial charge in [0.25, 0.3) is 0 Å². The second-order valence-electron chi connectivity index (χ2n) is 4.38. The molecule has 0 aliphatic heterocycles. The van der Waals surface area contributed by atoms with E-state index in [2.05, 4.69) is 5.32 Å². The highest BCUT2D eigenvalue weighted by molar-refractivity contribution is 7.99. The van der Waals surface area contributed by atoms with E-state index in [4.69, 9.17) is 23.2 Å². The molecule has 1 nitrogen and oxygen atoms in total. The molecule has 0 saturated carbocycles. The van der Waals surface area contributed by atoms with Crippen molar-refractivity contribution in [3.05, 3.63) is 57.8 Å². The summed E-state index contributed by atoms with van der Waals surface area (Å²) in [6.07, 6.45) is 0. The Balaban J connectivity index is 2.28. The average molecular weight is 330 g/mol. The average Bonchev–Trinajstić information content (AvgIpc) is 2.44. The van der Waals surface area contributed by atoms with Crippen molar-refractivity contribution < 1.29 is 4.39 Å². The van der Waals surface area contributed by atoms with Crippen LogP contribution in [0.4, 0.5) is 4.39 Å². The lowest BCUT2D eigenvalue weighted by atomic mass is 10.1. The van der Waals surface area contributed by atoms with Gasteiger partial charge in [-0.05, 0) is 49.9 Å². The van der Waals surface area contributed by atoms with Crippen molar-refractivity contribution in [1.82, 2.24) is 5.32 Å². The summed E-state index contributed by atoms with van der Waals surface area (Å²) in [4.78, 5) is 1.27. The Morgan fingerprint density at radius 2 is 1.85 bits per heavy atom. The van der Waals surface area contributed by atoms with Gasteiger partial charge < -0.3 is 5.32 Å². The molecule has 2 aromatic rings. The lowest BCUT2D eigenvalue weighted by Crippen LogP contribution is -2.12. The molecule has 0 spiro atoms. The fraction of sp³-hybridized carbons (Fsp3) is 0.200. The van der Waals surface area contributed by atoms with Crippen LogP contribution in [0.1, 0.15) is 18.5 Å². The van der Waals surface area contributed by atoms with Gasteiger partial charge in [-0.1, -0.05) is 41.0 Å². The Bertz CT molecular complexity index is 619. The fourth-order valence-corrected chi connectivity index (χ4v) is 3.06. The summed E-state index contributed by atoms with van der Waals surface area (Å²) >= 11 is 13.3. The summed E-state index contributed by atoms with van der Waals surface area (Å²) < 4.78 is 14.1. The van der Waals surface area contributed by atoms with Crippen LogP contribution in [0.25, 0.3) is 0 Å². The van der Waals surface area contributed by atoms with Crippen LogP contribution in [0, 0.1) is 5.82 Å². The van der Waals surface area contributed by atoms with Crippen LogP contribution in [0.5, 0.6) is 0 Å². The maximum atomic E-state index is 14.1. The largest absolute Gasteiger partial charge is 0.313 e. The van der Waals surface area contributed by atoms with Crippen LogP contribution in [-0.2, 0) is 0 Å². The molecule has 20 heavy (non-hydrogen) atoms.